The maximum atomic E-state index is 12.1. The van der Waals surface area contributed by atoms with Crippen molar-refractivity contribution in [1.82, 2.24) is 19.5 Å². The van der Waals surface area contributed by atoms with Gasteiger partial charge in [0, 0.05) is 24.7 Å². The third-order valence-corrected chi connectivity index (χ3v) is 4.08. The smallest absolute Gasteiger partial charge is 0.350 e. The first-order chi connectivity index (χ1) is 10.5. The van der Waals surface area contributed by atoms with E-state index in [9.17, 15) is 9.59 Å². The van der Waals surface area contributed by atoms with Crippen molar-refractivity contribution in [1.29, 1.82) is 0 Å². The summed E-state index contributed by atoms with van der Waals surface area (Å²) in [7, 11) is 0. The van der Waals surface area contributed by atoms with Crippen LogP contribution >= 0.6 is 0 Å². The maximum absolute atomic E-state index is 12.1. The molecule has 0 radical (unpaired) electrons. The second-order valence-corrected chi connectivity index (χ2v) is 5.53. The van der Waals surface area contributed by atoms with Gasteiger partial charge in [-0.15, -0.1) is 5.10 Å². The van der Waals surface area contributed by atoms with Crippen LogP contribution in [0.25, 0.3) is 5.65 Å². The highest BCUT2D eigenvalue weighted by molar-refractivity contribution is 5.75. The number of hydrogen-bond donors (Lipinski definition) is 2. The molecule has 2 aromatic heterocycles. The monoisotopic (exact) mass is 305 g/mol. The Bertz CT molecular complexity index is 699. The van der Waals surface area contributed by atoms with Gasteiger partial charge in [0.1, 0.15) is 0 Å². The quantitative estimate of drug-likeness (QED) is 0.779. The third kappa shape index (κ3) is 3.54. The molecular formula is C15H23N5O2. The Kier molecular flexibility index (Phi) is 4.97. The number of fused-ring (bicyclic) bond motifs is 1. The first-order valence-corrected chi connectivity index (χ1v) is 7.59. The minimum Gasteiger partial charge on any atom is -0.354 e. The van der Waals surface area contributed by atoms with E-state index in [1.807, 2.05) is 19.9 Å². The zero-order valence-electron chi connectivity index (χ0n) is 13.1. The molecule has 120 valence electrons. The number of aromatic nitrogens is 3. The van der Waals surface area contributed by atoms with Crippen LogP contribution in [-0.4, -0.2) is 32.2 Å². The fourth-order valence-corrected chi connectivity index (χ4v) is 2.18. The minimum absolute atomic E-state index is 0.124. The summed E-state index contributed by atoms with van der Waals surface area (Å²) < 4.78 is 2.77. The van der Waals surface area contributed by atoms with Gasteiger partial charge >= 0.3 is 5.69 Å². The van der Waals surface area contributed by atoms with Crippen LogP contribution in [0.5, 0.6) is 0 Å². The van der Waals surface area contributed by atoms with Crippen LogP contribution in [-0.2, 0) is 11.3 Å². The fraction of sp³-hybridized carbons (Fsp3) is 0.533. The van der Waals surface area contributed by atoms with E-state index in [2.05, 4.69) is 10.4 Å². The molecule has 0 unspecified atom stereocenters. The molecule has 2 heterocycles. The van der Waals surface area contributed by atoms with E-state index in [0.29, 0.717) is 12.2 Å². The number of amides is 1. The molecule has 2 rings (SSSR count). The molecule has 7 nitrogen and oxygen atoms in total. The Labute approximate surface area is 129 Å². The molecule has 0 spiro atoms. The van der Waals surface area contributed by atoms with Crippen LogP contribution < -0.4 is 16.7 Å². The van der Waals surface area contributed by atoms with E-state index >= 15 is 0 Å². The lowest BCUT2D eigenvalue weighted by molar-refractivity contribution is -0.121. The van der Waals surface area contributed by atoms with E-state index in [-0.39, 0.29) is 30.1 Å². The molecule has 0 atom stereocenters. The summed E-state index contributed by atoms with van der Waals surface area (Å²) in [6.07, 6.45) is 3.46. The predicted molar refractivity (Wildman–Crippen MR) is 84.6 cm³/mol. The number of carbonyl (C=O) groups is 1. The van der Waals surface area contributed by atoms with E-state index in [1.165, 1.54) is 9.08 Å². The van der Waals surface area contributed by atoms with Gasteiger partial charge in [0.15, 0.2) is 5.65 Å². The number of carbonyl (C=O) groups excluding carboxylic acids is 1. The van der Waals surface area contributed by atoms with Crippen LogP contribution in [0, 0.1) is 0 Å². The van der Waals surface area contributed by atoms with E-state index in [4.69, 9.17) is 5.73 Å². The second kappa shape index (κ2) is 6.74. The number of nitrogens with two attached hydrogens (primary N) is 1. The van der Waals surface area contributed by atoms with Crippen molar-refractivity contribution in [3.8, 4) is 0 Å². The predicted octanol–water partition coefficient (Wildman–Crippen LogP) is 0.520. The largest absolute Gasteiger partial charge is 0.354 e. The highest BCUT2D eigenvalue weighted by atomic mass is 16.2. The van der Waals surface area contributed by atoms with Gasteiger partial charge in [-0.05, 0) is 25.0 Å². The molecule has 2 aromatic rings. The molecule has 22 heavy (non-hydrogen) atoms. The minimum atomic E-state index is -0.365. The standard InChI is InChI=1S/C15H23N5O2/c1-3-15(16,4-2)11-17-13(21)8-10-20-14(22)19-9-6-5-7-12(19)18-20/h5-7,9H,3-4,8,10-11,16H2,1-2H3,(H,17,21). The molecule has 1 amide bonds. The molecule has 0 aliphatic heterocycles. The normalized spacial score (nSPS) is 11.8. The van der Waals surface area contributed by atoms with Crippen molar-refractivity contribution >= 4 is 11.6 Å². The molecule has 3 N–H and O–H groups in total. The topological polar surface area (TPSA) is 94.4 Å². The molecule has 0 aromatic carbocycles. The lowest BCUT2D eigenvalue weighted by Gasteiger charge is -2.26. The van der Waals surface area contributed by atoms with E-state index < -0.39 is 0 Å². The molecule has 0 aliphatic rings. The lowest BCUT2D eigenvalue weighted by Crippen LogP contribution is -2.49. The SMILES string of the molecule is CCC(N)(CC)CNC(=O)CCn1nc2ccccn2c1=O. The van der Waals surface area contributed by atoms with Gasteiger partial charge in [-0.3, -0.25) is 9.20 Å². The third-order valence-electron chi connectivity index (χ3n) is 4.08. The number of nitrogens with one attached hydrogen (secondary N) is 1. The Morgan fingerprint density at radius 3 is 2.73 bits per heavy atom. The van der Waals surface area contributed by atoms with Gasteiger partial charge in [0.2, 0.25) is 5.91 Å². The maximum Gasteiger partial charge on any atom is 0.350 e. The molecule has 0 bridgehead atoms. The number of pyridine rings is 1. The summed E-state index contributed by atoms with van der Waals surface area (Å²) in [6.45, 7) is 4.71. The van der Waals surface area contributed by atoms with Crippen LogP contribution in [0.15, 0.2) is 29.2 Å². The number of rotatable bonds is 7. The van der Waals surface area contributed by atoms with E-state index in [1.54, 1.807) is 18.3 Å². The molecule has 0 fully saturated rings. The van der Waals surface area contributed by atoms with Gasteiger partial charge in [-0.25, -0.2) is 9.48 Å². The van der Waals surface area contributed by atoms with Crippen molar-refractivity contribution < 1.29 is 4.79 Å². The average Bonchev–Trinajstić information content (AvgIpc) is 2.87. The van der Waals surface area contributed by atoms with Crippen LogP contribution in [0.2, 0.25) is 0 Å². The van der Waals surface area contributed by atoms with E-state index in [0.717, 1.165) is 12.8 Å². The summed E-state index contributed by atoms with van der Waals surface area (Å²) in [5.41, 5.74) is 6.11. The number of aryl methyl sites for hydroxylation is 1. The highest BCUT2D eigenvalue weighted by Gasteiger charge is 2.20. The summed E-state index contributed by atoms with van der Waals surface area (Å²) in [5, 5.41) is 7.02. The zero-order valence-corrected chi connectivity index (χ0v) is 13.1. The first-order valence-electron chi connectivity index (χ1n) is 7.59. The molecule has 0 aliphatic carbocycles. The van der Waals surface area contributed by atoms with Crippen LogP contribution in [0.4, 0.5) is 0 Å². The van der Waals surface area contributed by atoms with Gasteiger partial charge < -0.3 is 11.1 Å². The van der Waals surface area contributed by atoms with Gasteiger partial charge in [-0.2, -0.15) is 0 Å². The lowest BCUT2D eigenvalue weighted by atomic mass is 9.94. The number of nitrogens with zero attached hydrogens (tertiary/aromatic N) is 3. The summed E-state index contributed by atoms with van der Waals surface area (Å²) >= 11 is 0. The molecule has 7 heteroatoms. The van der Waals surface area contributed by atoms with Crippen LogP contribution in [0.3, 0.4) is 0 Å². The molecular weight excluding hydrogens is 282 g/mol. The zero-order chi connectivity index (χ0) is 16.2. The highest BCUT2D eigenvalue weighted by Crippen LogP contribution is 2.09. The Morgan fingerprint density at radius 1 is 1.36 bits per heavy atom. The van der Waals surface area contributed by atoms with Crippen molar-refractivity contribution in [3.63, 3.8) is 0 Å². The molecule has 0 saturated heterocycles. The Balaban J connectivity index is 1.93. The van der Waals surface area contributed by atoms with Gasteiger partial charge in [0.05, 0.1) is 6.54 Å². The van der Waals surface area contributed by atoms with Crippen molar-refractivity contribution in [2.75, 3.05) is 6.54 Å². The average molecular weight is 305 g/mol. The summed E-state index contributed by atoms with van der Waals surface area (Å²) in [5.74, 6) is -0.124. The fourth-order valence-electron chi connectivity index (χ4n) is 2.18. The van der Waals surface area contributed by atoms with Crippen molar-refractivity contribution in [2.24, 2.45) is 5.73 Å². The second-order valence-electron chi connectivity index (χ2n) is 5.53. The molecule has 0 saturated carbocycles. The Hall–Kier alpha value is -2.15. The van der Waals surface area contributed by atoms with Crippen molar-refractivity contribution in [2.45, 2.75) is 45.2 Å². The number of hydrogen-bond acceptors (Lipinski definition) is 4. The van der Waals surface area contributed by atoms with Crippen molar-refractivity contribution in [3.05, 3.63) is 34.9 Å². The van der Waals surface area contributed by atoms with Gasteiger partial charge in [0.25, 0.3) is 0 Å². The Morgan fingerprint density at radius 2 is 2.09 bits per heavy atom. The van der Waals surface area contributed by atoms with Crippen LogP contribution in [0.1, 0.15) is 33.1 Å². The first kappa shape index (κ1) is 16.2. The summed E-state index contributed by atoms with van der Waals surface area (Å²) in [6, 6.07) is 5.34. The summed E-state index contributed by atoms with van der Waals surface area (Å²) in [4.78, 5) is 24.0. The van der Waals surface area contributed by atoms with Gasteiger partial charge in [-0.1, -0.05) is 19.9 Å².